The molecule has 3 rings (SSSR count). The summed E-state index contributed by atoms with van der Waals surface area (Å²) in [5.41, 5.74) is 2.90. The van der Waals surface area contributed by atoms with Crippen molar-refractivity contribution in [2.45, 2.75) is 18.7 Å². The van der Waals surface area contributed by atoms with E-state index < -0.39 is 10.0 Å². The summed E-state index contributed by atoms with van der Waals surface area (Å²) in [5.74, 6) is 0.0614. The Labute approximate surface area is 145 Å². The standard InChI is InChI=1S/C17H17N5O2S/c1-12-10-13(2)21-17(20-12)22-25(23,24)16-7-5-14(6-8-16)19-11-15-4-3-9-18-15/h3-11,18H,1-2H3,(H,20,21,22). The van der Waals surface area contributed by atoms with Gasteiger partial charge in [0.2, 0.25) is 5.95 Å². The maximum atomic E-state index is 12.4. The Morgan fingerprint density at radius 2 is 1.76 bits per heavy atom. The first-order chi connectivity index (χ1) is 11.9. The number of anilines is 1. The number of benzene rings is 1. The number of hydrogen-bond donors (Lipinski definition) is 2. The molecule has 7 nitrogen and oxygen atoms in total. The van der Waals surface area contributed by atoms with Gasteiger partial charge in [-0.05, 0) is 56.3 Å². The van der Waals surface area contributed by atoms with Crippen LogP contribution in [0.3, 0.4) is 0 Å². The predicted molar refractivity (Wildman–Crippen MR) is 96.8 cm³/mol. The molecule has 0 bridgehead atoms. The summed E-state index contributed by atoms with van der Waals surface area (Å²) >= 11 is 0. The Bertz CT molecular complexity index is 974. The summed E-state index contributed by atoms with van der Waals surface area (Å²) in [7, 11) is -3.75. The second-order valence-electron chi connectivity index (χ2n) is 5.46. The minimum Gasteiger partial charge on any atom is -0.360 e. The van der Waals surface area contributed by atoms with E-state index in [1.165, 1.54) is 12.1 Å². The lowest BCUT2D eigenvalue weighted by Crippen LogP contribution is -2.15. The van der Waals surface area contributed by atoms with Crippen LogP contribution >= 0.6 is 0 Å². The van der Waals surface area contributed by atoms with Crippen molar-refractivity contribution >= 4 is 27.9 Å². The van der Waals surface area contributed by atoms with Crippen LogP contribution in [0.5, 0.6) is 0 Å². The number of aliphatic imine (C=N–C) groups is 1. The third-order valence-electron chi connectivity index (χ3n) is 3.33. The van der Waals surface area contributed by atoms with Gasteiger partial charge in [0.15, 0.2) is 0 Å². The minimum atomic E-state index is -3.75. The van der Waals surface area contributed by atoms with E-state index in [1.807, 2.05) is 12.1 Å². The van der Waals surface area contributed by atoms with Crippen LogP contribution in [-0.4, -0.2) is 29.6 Å². The van der Waals surface area contributed by atoms with Gasteiger partial charge >= 0.3 is 0 Å². The zero-order valence-electron chi connectivity index (χ0n) is 13.8. The van der Waals surface area contributed by atoms with E-state index in [-0.39, 0.29) is 10.8 Å². The number of H-pyrrole nitrogens is 1. The Morgan fingerprint density at radius 1 is 1.08 bits per heavy atom. The maximum absolute atomic E-state index is 12.4. The summed E-state index contributed by atoms with van der Waals surface area (Å²) in [4.78, 5) is 15.6. The van der Waals surface area contributed by atoms with E-state index in [1.54, 1.807) is 44.5 Å². The molecule has 0 aliphatic heterocycles. The molecule has 2 N–H and O–H groups in total. The first-order valence-corrected chi connectivity index (χ1v) is 9.03. The molecule has 8 heteroatoms. The van der Waals surface area contributed by atoms with E-state index in [9.17, 15) is 8.42 Å². The zero-order valence-corrected chi connectivity index (χ0v) is 14.6. The summed E-state index contributed by atoms with van der Waals surface area (Å²) < 4.78 is 27.3. The highest BCUT2D eigenvalue weighted by molar-refractivity contribution is 7.92. The number of hydrogen-bond acceptors (Lipinski definition) is 5. The normalized spacial score (nSPS) is 11.8. The first-order valence-electron chi connectivity index (χ1n) is 7.55. The number of aromatic amines is 1. The zero-order chi connectivity index (χ0) is 17.9. The molecule has 0 saturated heterocycles. The average molecular weight is 355 g/mol. The highest BCUT2D eigenvalue weighted by Gasteiger charge is 2.15. The lowest BCUT2D eigenvalue weighted by molar-refractivity contribution is 0.601. The van der Waals surface area contributed by atoms with Gasteiger partial charge in [-0.1, -0.05) is 0 Å². The maximum Gasteiger partial charge on any atom is 0.264 e. The number of nitrogens with zero attached hydrogens (tertiary/aromatic N) is 3. The van der Waals surface area contributed by atoms with Gasteiger partial charge < -0.3 is 4.98 Å². The number of rotatable bonds is 5. The van der Waals surface area contributed by atoms with E-state index in [0.29, 0.717) is 17.1 Å². The quantitative estimate of drug-likeness (QED) is 0.687. The lowest BCUT2D eigenvalue weighted by atomic mass is 10.3. The molecule has 0 aliphatic carbocycles. The van der Waals surface area contributed by atoms with Crippen molar-refractivity contribution in [3.05, 3.63) is 65.7 Å². The molecule has 25 heavy (non-hydrogen) atoms. The smallest absolute Gasteiger partial charge is 0.264 e. The third kappa shape index (κ3) is 4.30. The van der Waals surface area contributed by atoms with E-state index in [2.05, 4.69) is 24.7 Å². The average Bonchev–Trinajstić information content (AvgIpc) is 3.05. The summed E-state index contributed by atoms with van der Waals surface area (Å²) in [6.07, 6.45) is 3.48. The van der Waals surface area contributed by atoms with Crippen LogP contribution < -0.4 is 4.72 Å². The van der Waals surface area contributed by atoms with Crippen LogP contribution in [0.2, 0.25) is 0 Å². The van der Waals surface area contributed by atoms with Crippen molar-refractivity contribution in [1.29, 1.82) is 0 Å². The molecule has 0 unspecified atom stereocenters. The number of aryl methyl sites for hydroxylation is 2. The molecular weight excluding hydrogens is 338 g/mol. The minimum absolute atomic E-state index is 0.0614. The van der Waals surface area contributed by atoms with Crippen molar-refractivity contribution in [1.82, 2.24) is 15.0 Å². The molecule has 0 fully saturated rings. The van der Waals surface area contributed by atoms with Crippen molar-refractivity contribution in [3.8, 4) is 0 Å². The third-order valence-corrected chi connectivity index (χ3v) is 4.67. The molecule has 0 amide bonds. The molecule has 128 valence electrons. The van der Waals surface area contributed by atoms with Crippen LogP contribution in [0.1, 0.15) is 17.1 Å². The topological polar surface area (TPSA) is 100 Å². The van der Waals surface area contributed by atoms with Crippen LogP contribution in [-0.2, 0) is 10.0 Å². The molecule has 0 saturated carbocycles. The van der Waals surface area contributed by atoms with Gasteiger partial charge in [0.1, 0.15) is 0 Å². The molecular formula is C17H17N5O2S. The number of sulfonamides is 1. The van der Waals surface area contributed by atoms with Gasteiger partial charge in [0.05, 0.1) is 22.5 Å². The van der Waals surface area contributed by atoms with Crippen LogP contribution in [0.15, 0.2) is 58.5 Å². The Balaban J connectivity index is 1.78. The summed E-state index contributed by atoms with van der Waals surface area (Å²) in [6, 6.07) is 11.8. The van der Waals surface area contributed by atoms with Crippen LogP contribution in [0.4, 0.5) is 11.6 Å². The highest BCUT2D eigenvalue weighted by Crippen LogP contribution is 2.18. The van der Waals surface area contributed by atoms with Gasteiger partial charge in [-0.25, -0.2) is 23.1 Å². The molecule has 2 heterocycles. The van der Waals surface area contributed by atoms with E-state index in [4.69, 9.17) is 0 Å². The fourth-order valence-corrected chi connectivity index (χ4v) is 3.17. The number of aromatic nitrogens is 3. The molecule has 0 atom stereocenters. The number of nitrogens with one attached hydrogen (secondary N) is 2. The predicted octanol–water partition coefficient (Wildman–Crippen LogP) is 2.97. The van der Waals surface area contributed by atoms with E-state index in [0.717, 1.165) is 5.69 Å². The fraction of sp³-hybridized carbons (Fsp3) is 0.118. The molecule has 0 spiro atoms. The first kappa shape index (κ1) is 16.8. The monoisotopic (exact) mass is 355 g/mol. The Morgan fingerprint density at radius 3 is 2.36 bits per heavy atom. The second-order valence-corrected chi connectivity index (χ2v) is 7.14. The SMILES string of the molecule is Cc1cc(C)nc(NS(=O)(=O)c2ccc(N=Cc3ccc[nH]3)cc2)n1. The van der Waals surface area contributed by atoms with Gasteiger partial charge in [0.25, 0.3) is 10.0 Å². The van der Waals surface area contributed by atoms with Crippen LogP contribution in [0, 0.1) is 13.8 Å². The summed E-state index contributed by atoms with van der Waals surface area (Å²) in [5, 5.41) is 0. The molecule has 0 radical (unpaired) electrons. The second kappa shape index (κ2) is 6.86. The fourth-order valence-electron chi connectivity index (χ4n) is 2.23. The van der Waals surface area contributed by atoms with Gasteiger partial charge in [-0.2, -0.15) is 0 Å². The van der Waals surface area contributed by atoms with E-state index >= 15 is 0 Å². The van der Waals surface area contributed by atoms with Gasteiger partial charge in [-0.15, -0.1) is 0 Å². The van der Waals surface area contributed by atoms with Crippen LogP contribution in [0.25, 0.3) is 0 Å². The summed E-state index contributed by atoms with van der Waals surface area (Å²) in [6.45, 7) is 3.56. The van der Waals surface area contributed by atoms with Crippen molar-refractivity contribution in [2.75, 3.05) is 4.72 Å². The highest BCUT2D eigenvalue weighted by atomic mass is 32.2. The Hall–Kier alpha value is -3.00. The van der Waals surface area contributed by atoms with Crippen molar-refractivity contribution in [2.24, 2.45) is 4.99 Å². The Kier molecular flexibility index (Phi) is 4.62. The van der Waals surface area contributed by atoms with Crippen molar-refractivity contribution in [3.63, 3.8) is 0 Å². The molecule has 3 aromatic rings. The van der Waals surface area contributed by atoms with Gasteiger partial charge in [0, 0.05) is 17.6 Å². The molecule has 0 aliphatic rings. The molecule has 1 aromatic carbocycles. The lowest BCUT2D eigenvalue weighted by Gasteiger charge is -2.08. The molecule has 2 aromatic heterocycles. The van der Waals surface area contributed by atoms with Gasteiger partial charge in [-0.3, -0.25) is 4.99 Å². The van der Waals surface area contributed by atoms with Crippen molar-refractivity contribution < 1.29 is 8.42 Å². The largest absolute Gasteiger partial charge is 0.360 e.